The first-order valence-electron chi connectivity index (χ1n) is 4.99. The number of hydrogen-bond donors (Lipinski definition) is 1. The second-order valence-electron chi connectivity index (χ2n) is 3.45. The van der Waals surface area contributed by atoms with E-state index in [1.54, 1.807) is 0 Å². The molecule has 0 aliphatic carbocycles. The van der Waals surface area contributed by atoms with E-state index < -0.39 is 28.2 Å². The number of ether oxygens (including phenoxy) is 2. The number of nitrogens with zero attached hydrogens (tertiary/aromatic N) is 1. The number of nitrogens with one attached hydrogen (secondary N) is 1. The molecule has 1 N–H and O–H groups in total. The van der Waals surface area contributed by atoms with Crippen LogP contribution in [0.5, 0.6) is 11.5 Å². The van der Waals surface area contributed by atoms with Crippen LogP contribution >= 0.6 is 0 Å². The van der Waals surface area contributed by atoms with E-state index in [9.17, 15) is 28.1 Å². The lowest BCUT2D eigenvalue weighted by molar-refractivity contribution is -0.445. The van der Waals surface area contributed by atoms with E-state index in [0.29, 0.717) is 0 Å². The number of anilines is 1. The number of methoxy groups -OCH3 is 2. The molecule has 7 nitrogen and oxygen atoms in total. The van der Waals surface area contributed by atoms with Crippen LogP contribution in [0.1, 0.15) is 10.4 Å². The molecule has 0 amide bonds. The van der Waals surface area contributed by atoms with Gasteiger partial charge in [-0.3, -0.25) is 4.79 Å². The summed E-state index contributed by atoms with van der Waals surface area (Å²) in [6.45, 7) is 0. The highest BCUT2D eigenvalue weighted by Crippen LogP contribution is 2.36. The number of ketones is 1. The molecule has 1 aromatic carbocycles. The lowest BCUT2D eigenvalue weighted by Gasteiger charge is -2.13. The van der Waals surface area contributed by atoms with E-state index in [4.69, 9.17) is 9.47 Å². The maximum Gasteiger partial charge on any atom is 0.454 e. The first-order valence-corrected chi connectivity index (χ1v) is 4.99. The van der Waals surface area contributed by atoms with E-state index in [-0.39, 0.29) is 11.5 Å². The van der Waals surface area contributed by atoms with Crippen LogP contribution in [-0.4, -0.2) is 31.2 Å². The molecule has 0 aliphatic rings. The first-order chi connectivity index (χ1) is 9.20. The summed E-state index contributed by atoms with van der Waals surface area (Å²) in [5.41, 5.74) is -0.0634. The molecule has 0 radical (unpaired) electrons. The average molecular weight is 294 g/mol. The molecule has 0 fully saturated rings. The summed E-state index contributed by atoms with van der Waals surface area (Å²) in [6.07, 6.45) is -5.17. The predicted octanol–water partition coefficient (Wildman–Crippen LogP) is 2.05. The minimum Gasteiger partial charge on any atom is -0.493 e. The topological polar surface area (TPSA) is 90.7 Å². The van der Waals surface area contributed by atoms with Crippen molar-refractivity contribution in [3.63, 3.8) is 0 Å². The lowest BCUT2D eigenvalue weighted by atomic mass is 10.1. The van der Waals surface area contributed by atoms with Crippen LogP contribution in [0.2, 0.25) is 0 Å². The molecule has 0 saturated heterocycles. The van der Waals surface area contributed by atoms with Gasteiger partial charge >= 0.3 is 6.18 Å². The highest BCUT2D eigenvalue weighted by atomic mass is 19.4. The van der Waals surface area contributed by atoms with Crippen molar-refractivity contribution in [2.24, 2.45) is 0 Å². The van der Waals surface area contributed by atoms with E-state index in [0.717, 1.165) is 19.2 Å². The van der Waals surface area contributed by atoms with Crippen molar-refractivity contribution < 1.29 is 32.5 Å². The van der Waals surface area contributed by atoms with E-state index in [1.807, 2.05) is 0 Å². The second kappa shape index (κ2) is 5.63. The Morgan fingerprint density at radius 2 is 1.75 bits per heavy atom. The molecular weight excluding hydrogens is 285 g/mol. The molecule has 0 spiro atoms. The number of hydrogen-bond acceptors (Lipinski definition) is 5. The number of benzene rings is 1. The van der Waals surface area contributed by atoms with Crippen molar-refractivity contribution in [3.8, 4) is 11.5 Å². The highest BCUT2D eigenvalue weighted by Gasteiger charge is 2.41. The zero-order chi connectivity index (χ0) is 15.5. The van der Waals surface area contributed by atoms with Crippen molar-refractivity contribution >= 4 is 11.5 Å². The molecule has 0 aliphatic heterocycles. The summed E-state index contributed by atoms with van der Waals surface area (Å²) < 4.78 is 46.9. The minimum atomic E-state index is -5.17. The number of nitro groups is 1. The maximum absolute atomic E-state index is 12.5. The molecule has 110 valence electrons. The van der Waals surface area contributed by atoms with Crippen LogP contribution in [0.25, 0.3) is 0 Å². The molecule has 20 heavy (non-hydrogen) atoms. The van der Waals surface area contributed by atoms with Gasteiger partial charge in [-0.25, -0.2) is 10.1 Å². The number of carbonyl (C=O) groups is 1. The van der Waals surface area contributed by atoms with Gasteiger partial charge < -0.3 is 9.47 Å². The summed E-state index contributed by atoms with van der Waals surface area (Å²) in [5, 5.41) is 9.29. The quantitative estimate of drug-likeness (QED) is 0.508. The highest BCUT2D eigenvalue weighted by molar-refractivity contribution is 6.05. The van der Waals surface area contributed by atoms with Gasteiger partial charge in [0.25, 0.3) is 5.78 Å². The van der Waals surface area contributed by atoms with Crippen molar-refractivity contribution in [2.75, 3.05) is 19.6 Å². The van der Waals surface area contributed by atoms with Crippen molar-refractivity contribution in [3.05, 3.63) is 27.8 Å². The van der Waals surface area contributed by atoms with Crippen molar-refractivity contribution in [1.29, 1.82) is 0 Å². The van der Waals surface area contributed by atoms with E-state index in [1.165, 1.54) is 12.5 Å². The third-order valence-corrected chi connectivity index (χ3v) is 2.24. The Labute approximate surface area is 110 Å². The number of rotatable bonds is 5. The van der Waals surface area contributed by atoms with E-state index >= 15 is 0 Å². The summed E-state index contributed by atoms with van der Waals surface area (Å²) in [5.74, 6) is -2.45. The number of alkyl halides is 3. The van der Waals surface area contributed by atoms with Crippen LogP contribution in [0, 0.1) is 10.1 Å². The average Bonchev–Trinajstić information content (AvgIpc) is 2.35. The third-order valence-electron chi connectivity index (χ3n) is 2.24. The van der Waals surface area contributed by atoms with Crippen LogP contribution in [0.15, 0.2) is 12.1 Å². The van der Waals surface area contributed by atoms with Gasteiger partial charge in [-0.05, 0) is 6.07 Å². The Morgan fingerprint density at radius 3 is 2.15 bits per heavy atom. The molecular formula is C10H9F3N2O5. The first kappa shape index (κ1) is 15.5. The molecule has 0 atom stereocenters. The number of Topliss-reactive ketones (excluding diaryl/α,β-unsaturated/α-hetero) is 1. The Morgan fingerprint density at radius 1 is 1.25 bits per heavy atom. The van der Waals surface area contributed by atoms with Gasteiger partial charge in [0.05, 0.1) is 19.8 Å². The molecule has 0 unspecified atom stereocenters. The SMILES string of the molecule is COc1cc(N[N+](=O)[O-])c(C(=O)C(F)(F)F)cc1OC. The minimum absolute atomic E-state index is 0.0597. The lowest BCUT2D eigenvalue weighted by Crippen LogP contribution is -2.25. The Bertz CT molecular complexity index is 544. The largest absolute Gasteiger partial charge is 0.493 e. The smallest absolute Gasteiger partial charge is 0.454 e. The summed E-state index contributed by atoms with van der Waals surface area (Å²) in [4.78, 5) is 21.6. The van der Waals surface area contributed by atoms with E-state index in [2.05, 4.69) is 0 Å². The van der Waals surface area contributed by atoms with Gasteiger partial charge in [-0.2, -0.15) is 13.2 Å². The summed E-state index contributed by atoms with van der Waals surface area (Å²) >= 11 is 0. The van der Waals surface area contributed by atoms with Gasteiger partial charge in [0.2, 0.25) is 0 Å². The molecule has 1 aromatic rings. The number of halogens is 3. The third kappa shape index (κ3) is 3.28. The molecule has 1 rings (SSSR count). The Hall–Kier alpha value is -2.52. The summed E-state index contributed by atoms with van der Waals surface area (Å²) in [7, 11) is 2.35. The van der Waals surface area contributed by atoms with Crippen LogP contribution in [-0.2, 0) is 0 Å². The molecule has 0 saturated carbocycles. The Balaban J connectivity index is 3.45. The van der Waals surface area contributed by atoms with Crippen LogP contribution < -0.4 is 14.9 Å². The molecule has 10 heteroatoms. The van der Waals surface area contributed by atoms with Crippen molar-refractivity contribution in [2.45, 2.75) is 6.18 Å². The number of carbonyl (C=O) groups excluding carboxylic acids is 1. The van der Waals surface area contributed by atoms with Crippen LogP contribution in [0.3, 0.4) is 0 Å². The van der Waals surface area contributed by atoms with Gasteiger partial charge in [0.1, 0.15) is 5.69 Å². The normalized spacial score (nSPS) is 10.8. The fourth-order valence-electron chi connectivity index (χ4n) is 1.41. The van der Waals surface area contributed by atoms with Gasteiger partial charge in [-0.15, -0.1) is 5.43 Å². The Kier molecular flexibility index (Phi) is 4.38. The predicted molar refractivity (Wildman–Crippen MR) is 60.5 cm³/mol. The molecule has 0 bridgehead atoms. The zero-order valence-electron chi connectivity index (χ0n) is 10.3. The van der Waals surface area contributed by atoms with Crippen LogP contribution in [0.4, 0.5) is 18.9 Å². The molecule has 0 aromatic heterocycles. The second-order valence-corrected chi connectivity index (χ2v) is 3.45. The van der Waals surface area contributed by atoms with Gasteiger partial charge in [0, 0.05) is 6.07 Å². The standard InChI is InChI=1S/C10H9F3N2O5/c1-19-7-3-5(9(16)10(11,12)13)6(14-15(17)18)4-8(7)20-2/h3-4,14H,1-2H3. The van der Waals surface area contributed by atoms with Gasteiger partial charge in [-0.1, -0.05) is 0 Å². The zero-order valence-corrected chi connectivity index (χ0v) is 10.3. The monoisotopic (exact) mass is 294 g/mol. The van der Waals surface area contributed by atoms with Gasteiger partial charge in [0.15, 0.2) is 16.5 Å². The molecule has 0 heterocycles. The summed E-state index contributed by atoms with van der Waals surface area (Å²) in [6, 6.07) is 1.60. The van der Waals surface area contributed by atoms with Crippen molar-refractivity contribution in [1.82, 2.24) is 0 Å². The number of hydrazine groups is 1. The fourth-order valence-corrected chi connectivity index (χ4v) is 1.41. The maximum atomic E-state index is 12.5. The fraction of sp³-hybridized carbons (Fsp3) is 0.300.